The maximum absolute atomic E-state index is 4.52. The molecule has 0 bridgehead atoms. The van der Waals surface area contributed by atoms with Gasteiger partial charge in [0.05, 0.1) is 11.7 Å². The van der Waals surface area contributed by atoms with Gasteiger partial charge in [-0.05, 0) is 30.7 Å². The summed E-state index contributed by atoms with van der Waals surface area (Å²) in [4.78, 5) is 4.52. The second-order valence-electron chi connectivity index (χ2n) is 4.69. The van der Waals surface area contributed by atoms with Crippen molar-refractivity contribution in [2.24, 2.45) is 5.41 Å². The number of nitrogens with zero attached hydrogens (tertiary/aromatic N) is 2. The largest absolute Gasteiger partial charge is 0.278 e. The van der Waals surface area contributed by atoms with Crippen molar-refractivity contribution in [2.75, 3.05) is 0 Å². The highest BCUT2D eigenvalue weighted by Gasteiger charge is 2.63. The first-order valence-corrected chi connectivity index (χ1v) is 5.16. The van der Waals surface area contributed by atoms with Crippen LogP contribution < -0.4 is 0 Å². The van der Waals surface area contributed by atoms with Gasteiger partial charge in [-0.15, -0.1) is 0 Å². The Morgan fingerprint density at radius 3 is 3.07 bits per heavy atom. The van der Waals surface area contributed by atoms with Crippen LogP contribution in [0.2, 0.25) is 0 Å². The summed E-state index contributed by atoms with van der Waals surface area (Å²) in [5.41, 5.74) is 3.08. The standard InChI is InChI=1S/C11H11N3/c1-2-11(1)4-8(11)10-3-9-7(5-12-10)6-13-14-9/h3,5-6,8H,1-2,4H2,(H,13,14). The molecular weight excluding hydrogens is 174 g/mol. The van der Waals surface area contributed by atoms with E-state index in [-0.39, 0.29) is 0 Å². The van der Waals surface area contributed by atoms with E-state index in [4.69, 9.17) is 0 Å². The van der Waals surface area contributed by atoms with Crippen LogP contribution in [0.1, 0.15) is 30.9 Å². The molecule has 2 aromatic heterocycles. The van der Waals surface area contributed by atoms with E-state index < -0.39 is 0 Å². The first-order chi connectivity index (χ1) is 6.87. The van der Waals surface area contributed by atoms with Gasteiger partial charge in [0.1, 0.15) is 0 Å². The van der Waals surface area contributed by atoms with Gasteiger partial charge < -0.3 is 0 Å². The second-order valence-corrected chi connectivity index (χ2v) is 4.69. The zero-order valence-electron chi connectivity index (χ0n) is 7.83. The highest BCUT2D eigenvalue weighted by Crippen LogP contribution is 2.74. The number of pyridine rings is 1. The van der Waals surface area contributed by atoms with Gasteiger partial charge in [0, 0.05) is 23.2 Å². The zero-order chi connectivity index (χ0) is 9.17. The van der Waals surface area contributed by atoms with Crippen molar-refractivity contribution in [1.82, 2.24) is 15.2 Å². The lowest BCUT2D eigenvalue weighted by atomic mass is 10.2. The summed E-state index contributed by atoms with van der Waals surface area (Å²) in [6.07, 6.45) is 7.95. The van der Waals surface area contributed by atoms with Crippen LogP contribution in [0.5, 0.6) is 0 Å². The molecule has 0 saturated heterocycles. The summed E-state index contributed by atoms with van der Waals surface area (Å²) in [7, 11) is 0. The third-order valence-electron chi connectivity index (χ3n) is 3.78. The second kappa shape index (κ2) is 2.00. The third-order valence-corrected chi connectivity index (χ3v) is 3.78. The molecule has 2 saturated carbocycles. The van der Waals surface area contributed by atoms with Crippen molar-refractivity contribution in [2.45, 2.75) is 25.2 Å². The Bertz CT molecular complexity index is 510. The van der Waals surface area contributed by atoms with E-state index in [1.807, 2.05) is 12.4 Å². The summed E-state index contributed by atoms with van der Waals surface area (Å²) in [5, 5.41) is 8.12. The van der Waals surface area contributed by atoms with Gasteiger partial charge in [0.25, 0.3) is 0 Å². The molecule has 0 radical (unpaired) electrons. The first-order valence-electron chi connectivity index (χ1n) is 5.16. The molecule has 2 aliphatic carbocycles. The lowest BCUT2D eigenvalue weighted by Gasteiger charge is -1.97. The topological polar surface area (TPSA) is 41.6 Å². The van der Waals surface area contributed by atoms with Gasteiger partial charge in [-0.2, -0.15) is 5.10 Å². The normalized spacial score (nSPS) is 27.0. The van der Waals surface area contributed by atoms with Gasteiger partial charge in [-0.1, -0.05) is 0 Å². The van der Waals surface area contributed by atoms with Crippen LogP contribution in [-0.4, -0.2) is 15.2 Å². The van der Waals surface area contributed by atoms with Crippen molar-refractivity contribution in [3.63, 3.8) is 0 Å². The number of rotatable bonds is 1. The maximum Gasteiger partial charge on any atom is 0.0684 e. The van der Waals surface area contributed by atoms with E-state index in [0.29, 0.717) is 5.41 Å². The highest BCUT2D eigenvalue weighted by atomic mass is 15.1. The van der Waals surface area contributed by atoms with Gasteiger partial charge >= 0.3 is 0 Å². The van der Waals surface area contributed by atoms with Crippen molar-refractivity contribution in [3.05, 3.63) is 24.2 Å². The van der Waals surface area contributed by atoms with Crippen LogP contribution in [0, 0.1) is 5.41 Å². The number of hydrogen-bond acceptors (Lipinski definition) is 2. The van der Waals surface area contributed by atoms with Gasteiger partial charge in [0.15, 0.2) is 0 Å². The van der Waals surface area contributed by atoms with Crippen LogP contribution in [0.4, 0.5) is 0 Å². The lowest BCUT2D eigenvalue weighted by Crippen LogP contribution is -1.87. The smallest absolute Gasteiger partial charge is 0.0684 e. The number of fused-ring (bicyclic) bond motifs is 1. The summed E-state index contributed by atoms with van der Waals surface area (Å²) in [6.45, 7) is 0. The molecule has 14 heavy (non-hydrogen) atoms. The lowest BCUT2D eigenvalue weighted by molar-refractivity contribution is 0.821. The van der Waals surface area contributed by atoms with E-state index >= 15 is 0 Å². The van der Waals surface area contributed by atoms with Crippen LogP contribution in [0.3, 0.4) is 0 Å². The molecule has 1 unspecified atom stereocenters. The average Bonchev–Trinajstić information content (AvgIpc) is 3.09. The quantitative estimate of drug-likeness (QED) is 0.740. The van der Waals surface area contributed by atoms with Crippen molar-refractivity contribution in [3.8, 4) is 0 Å². The SMILES string of the molecule is c1n[nH]c2cc(C3CC34CC4)ncc12. The van der Waals surface area contributed by atoms with Crippen LogP contribution in [0.25, 0.3) is 10.9 Å². The van der Waals surface area contributed by atoms with E-state index in [1.54, 1.807) is 0 Å². The van der Waals surface area contributed by atoms with Gasteiger partial charge in [0.2, 0.25) is 0 Å². The molecular formula is C11H11N3. The number of nitrogens with one attached hydrogen (secondary N) is 1. The Kier molecular flexibility index (Phi) is 0.996. The fourth-order valence-electron chi connectivity index (χ4n) is 2.52. The maximum atomic E-state index is 4.52. The predicted molar refractivity (Wildman–Crippen MR) is 52.9 cm³/mol. The molecule has 3 nitrogen and oxygen atoms in total. The predicted octanol–water partition coefficient (Wildman–Crippen LogP) is 2.23. The molecule has 1 atom stereocenters. The number of hydrogen-bond donors (Lipinski definition) is 1. The first kappa shape index (κ1) is 6.98. The molecule has 2 fully saturated rings. The molecule has 3 heteroatoms. The molecule has 70 valence electrons. The fraction of sp³-hybridized carbons (Fsp3) is 0.455. The van der Waals surface area contributed by atoms with E-state index in [9.17, 15) is 0 Å². The van der Waals surface area contributed by atoms with E-state index in [0.717, 1.165) is 16.8 Å². The van der Waals surface area contributed by atoms with Gasteiger partial charge in [-0.3, -0.25) is 10.1 Å². The van der Waals surface area contributed by atoms with Crippen molar-refractivity contribution < 1.29 is 0 Å². The Balaban J connectivity index is 1.83. The minimum absolute atomic E-state index is 0.695. The summed E-state index contributed by atoms with van der Waals surface area (Å²) >= 11 is 0. The Morgan fingerprint density at radius 1 is 1.36 bits per heavy atom. The third kappa shape index (κ3) is 0.775. The molecule has 2 aromatic rings. The molecule has 2 heterocycles. The van der Waals surface area contributed by atoms with Crippen LogP contribution in [-0.2, 0) is 0 Å². The molecule has 0 aromatic carbocycles. The zero-order valence-corrected chi connectivity index (χ0v) is 7.83. The molecule has 2 aliphatic rings. The molecule has 0 amide bonds. The Morgan fingerprint density at radius 2 is 2.29 bits per heavy atom. The summed E-state index contributed by atoms with van der Waals surface area (Å²) in [6, 6.07) is 2.17. The highest BCUT2D eigenvalue weighted by molar-refractivity contribution is 5.77. The molecule has 1 N–H and O–H groups in total. The van der Waals surface area contributed by atoms with Crippen molar-refractivity contribution >= 4 is 10.9 Å². The van der Waals surface area contributed by atoms with Crippen molar-refractivity contribution in [1.29, 1.82) is 0 Å². The average molecular weight is 185 g/mol. The number of aromatic nitrogens is 3. The minimum atomic E-state index is 0.695. The van der Waals surface area contributed by atoms with E-state index in [1.165, 1.54) is 25.0 Å². The monoisotopic (exact) mass is 185 g/mol. The minimum Gasteiger partial charge on any atom is -0.278 e. The molecule has 1 spiro atoms. The Labute approximate surface area is 81.5 Å². The molecule has 0 aliphatic heterocycles. The summed E-state index contributed by atoms with van der Waals surface area (Å²) < 4.78 is 0. The number of H-pyrrole nitrogens is 1. The number of aromatic amines is 1. The summed E-state index contributed by atoms with van der Waals surface area (Å²) in [5.74, 6) is 0.746. The Hall–Kier alpha value is -1.38. The van der Waals surface area contributed by atoms with Crippen LogP contribution in [0.15, 0.2) is 18.5 Å². The fourth-order valence-corrected chi connectivity index (χ4v) is 2.52. The molecule has 4 rings (SSSR count). The van der Waals surface area contributed by atoms with Gasteiger partial charge in [-0.25, -0.2) is 0 Å². The van der Waals surface area contributed by atoms with Crippen LogP contribution >= 0.6 is 0 Å². The van der Waals surface area contributed by atoms with E-state index in [2.05, 4.69) is 21.2 Å².